The summed E-state index contributed by atoms with van der Waals surface area (Å²) in [6.45, 7) is 11.0. The molecule has 0 radical (unpaired) electrons. The molecule has 0 saturated carbocycles. The standard InChI is InChI=1S/C26H33ClF3NOS/c1-7-11-19(15-21(12-8-2)26(28,29)30)24(17(4)5)33-23(9-3)18(6)31-25(32)20-13-10-14-22(27)16-20/h7,9-11,13-16,18,21H,8,12H2,1-6H3,(H,31,32)/b11-7-,19-15+,23-9-. The minimum Gasteiger partial charge on any atom is -0.345 e. The molecule has 1 aromatic rings. The van der Waals surface area contributed by atoms with E-state index in [4.69, 9.17) is 11.6 Å². The third-order valence-electron chi connectivity index (χ3n) is 4.83. The van der Waals surface area contributed by atoms with Gasteiger partial charge in [0, 0.05) is 20.4 Å². The van der Waals surface area contributed by atoms with Gasteiger partial charge in [-0.05, 0) is 64.8 Å². The van der Waals surface area contributed by atoms with E-state index in [2.05, 4.69) is 5.32 Å². The lowest BCUT2D eigenvalue weighted by atomic mass is 9.98. The molecule has 0 fully saturated rings. The zero-order chi connectivity index (χ0) is 25.2. The molecule has 2 atom stereocenters. The van der Waals surface area contributed by atoms with Crippen molar-refractivity contribution < 1.29 is 18.0 Å². The van der Waals surface area contributed by atoms with Gasteiger partial charge in [-0.2, -0.15) is 13.2 Å². The van der Waals surface area contributed by atoms with E-state index in [9.17, 15) is 18.0 Å². The van der Waals surface area contributed by atoms with Gasteiger partial charge in [0.05, 0.1) is 12.0 Å². The molecule has 33 heavy (non-hydrogen) atoms. The van der Waals surface area contributed by atoms with Crippen molar-refractivity contribution in [3.05, 3.63) is 80.1 Å². The minimum atomic E-state index is -4.30. The van der Waals surface area contributed by atoms with Crippen LogP contribution in [0, 0.1) is 5.92 Å². The van der Waals surface area contributed by atoms with E-state index in [1.54, 1.807) is 50.3 Å². The molecule has 1 rings (SSSR count). The number of nitrogens with one attached hydrogen (secondary N) is 1. The number of alkyl halides is 3. The van der Waals surface area contributed by atoms with E-state index in [0.29, 0.717) is 22.6 Å². The van der Waals surface area contributed by atoms with Crippen LogP contribution in [0.1, 0.15) is 64.7 Å². The predicted octanol–water partition coefficient (Wildman–Crippen LogP) is 8.87. The Morgan fingerprint density at radius 1 is 1.24 bits per heavy atom. The third-order valence-corrected chi connectivity index (χ3v) is 6.74. The van der Waals surface area contributed by atoms with E-state index in [-0.39, 0.29) is 18.4 Å². The van der Waals surface area contributed by atoms with Crippen LogP contribution in [0.25, 0.3) is 0 Å². The van der Waals surface area contributed by atoms with E-state index in [1.807, 2.05) is 33.8 Å². The molecule has 1 N–H and O–H groups in total. The molecular weight excluding hydrogens is 467 g/mol. The molecular formula is C26H33ClF3NOS. The van der Waals surface area contributed by atoms with Crippen molar-refractivity contribution in [3.63, 3.8) is 0 Å². The second-order valence-electron chi connectivity index (χ2n) is 7.89. The maximum Gasteiger partial charge on any atom is 0.395 e. The van der Waals surface area contributed by atoms with Gasteiger partial charge >= 0.3 is 6.18 Å². The zero-order valence-electron chi connectivity index (χ0n) is 20.0. The highest BCUT2D eigenvalue weighted by Gasteiger charge is 2.37. The number of halogens is 4. The molecule has 2 unspecified atom stereocenters. The molecule has 1 amide bonds. The van der Waals surface area contributed by atoms with Gasteiger partial charge in [-0.3, -0.25) is 4.79 Å². The number of rotatable bonds is 10. The number of carbonyl (C=O) groups excluding carboxylic acids is 1. The summed E-state index contributed by atoms with van der Waals surface area (Å²) in [5.41, 5.74) is 1.87. The lowest BCUT2D eigenvalue weighted by Gasteiger charge is -2.22. The molecule has 0 bridgehead atoms. The van der Waals surface area contributed by atoms with Crippen molar-refractivity contribution >= 4 is 29.3 Å². The predicted molar refractivity (Wildman–Crippen MR) is 135 cm³/mol. The summed E-state index contributed by atoms with van der Waals surface area (Å²) < 4.78 is 40.8. The highest BCUT2D eigenvalue weighted by atomic mass is 35.5. The normalized spacial score (nSPS) is 14.8. The van der Waals surface area contributed by atoms with E-state index in [1.165, 1.54) is 17.8 Å². The number of hydrogen-bond acceptors (Lipinski definition) is 2. The summed E-state index contributed by atoms with van der Waals surface area (Å²) in [5, 5.41) is 3.42. The SMILES string of the molecule is C/C=C\C(=C/C(CCC)C(F)(F)F)C(S/C(=C\C)C(C)NC(=O)c1cccc(Cl)c1)=C(C)C. The monoisotopic (exact) mass is 499 g/mol. The van der Waals surface area contributed by atoms with E-state index in [0.717, 1.165) is 15.4 Å². The number of hydrogen-bond donors (Lipinski definition) is 1. The fourth-order valence-corrected chi connectivity index (χ4v) is 4.44. The van der Waals surface area contributed by atoms with Crippen LogP contribution >= 0.6 is 23.4 Å². The highest BCUT2D eigenvalue weighted by molar-refractivity contribution is 8.07. The second kappa shape index (κ2) is 13.7. The summed E-state index contributed by atoms with van der Waals surface area (Å²) in [4.78, 5) is 14.2. The average Bonchev–Trinajstić information content (AvgIpc) is 2.72. The molecule has 182 valence electrons. The molecule has 2 nitrogen and oxygen atoms in total. The number of benzene rings is 1. The van der Waals surface area contributed by atoms with Crippen LogP contribution in [0.4, 0.5) is 13.2 Å². The van der Waals surface area contributed by atoms with E-state index < -0.39 is 12.1 Å². The average molecular weight is 500 g/mol. The number of thioether (sulfide) groups is 1. The Morgan fingerprint density at radius 2 is 1.91 bits per heavy atom. The molecule has 0 aliphatic rings. The van der Waals surface area contributed by atoms with Crippen molar-refractivity contribution in [2.75, 3.05) is 0 Å². The fraction of sp³-hybridized carbons (Fsp3) is 0.423. The molecule has 0 aromatic heterocycles. The lowest BCUT2D eigenvalue weighted by molar-refractivity contribution is -0.162. The highest BCUT2D eigenvalue weighted by Crippen LogP contribution is 2.39. The zero-order valence-corrected chi connectivity index (χ0v) is 21.6. The van der Waals surface area contributed by atoms with Crippen LogP contribution in [0.5, 0.6) is 0 Å². The first-order chi connectivity index (χ1) is 15.4. The number of carbonyl (C=O) groups is 1. The Morgan fingerprint density at radius 3 is 2.39 bits per heavy atom. The van der Waals surface area contributed by atoms with Gasteiger partial charge in [-0.25, -0.2) is 0 Å². The molecule has 1 aromatic carbocycles. The Kier molecular flexibility index (Phi) is 12.1. The van der Waals surface area contributed by atoms with Gasteiger partial charge in [0.1, 0.15) is 0 Å². The number of amides is 1. The molecule has 7 heteroatoms. The third kappa shape index (κ3) is 9.46. The summed E-state index contributed by atoms with van der Waals surface area (Å²) in [6, 6.07) is 6.32. The molecule has 0 aliphatic heterocycles. The molecule has 0 heterocycles. The van der Waals surface area contributed by atoms with Crippen LogP contribution in [-0.4, -0.2) is 18.1 Å². The van der Waals surface area contributed by atoms with Crippen LogP contribution in [0.2, 0.25) is 5.02 Å². The summed E-state index contributed by atoms with van der Waals surface area (Å²) in [7, 11) is 0. The summed E-state index contributed by atoms with van der Waals surface area (Å²) in [5.74, 6) is -1.79. The first-order valence-corrected chi connectivity index (χ1v) is 12.1. The topological polar surface area (TPSA) is 29.1 Å². The summed E-state index contributed by atoms with van der Waals surface area (Å²) >= 11 is 7.36. The molecule has 0 saturated heterocycles. The van der Waals surface area contributed by atoms with Crippen LogP contribution < -0.4 is 5.32 Å². The second-order valence-corrected chi connectivity index (χ2v) is 9.41. The largest absolute Gasteiger partial charge is 0.395 e. The van der Waals surface area contributed by atoms with E-state index >= 15 is 0 Å². The van der Waals surface area contributed by atoms with Gasteiger partial charge in [-0.15, -0.1) is 0 Å². The summed E-state index contributed by atoms with van der Waals surface area (Å²) in [6.07, 6.45) is 2.82. The first-order valence-electron chi connectivity index (χ1n) is 10.9. The molecule has 0 aliphatic carbocycles. The fourth-order valence-electron chi connectivity index (χ4n) is 3.20. The maximum absolute atomic E-state index is 13.6. The van der Waals surface area contributed by atoms with Gasteiger partial charge in [0.15, 0.2) is 0 Å². The quantitative estimate of drug-likeness (QED) is 0.325. The number of allylic oxidation sites excluding steroid dienone is 6. The van der Waals surface area contributed by atoms with Crippen LogP contribution in [0.15, 0.2) is 69.5 Å². The van der Waals surface area contributed by atoms with Gasteiger partial charge in [-0.1, -0.05) is 72.7 Å². The lowest BCUT2D eigenvalue weighted by Crippen LogP contribution is -2.33. The van der Waals surface area contributed by atoms with Crippen molar-refractivity contribution in [1.29, 1.82) is 0 Å². The van der Waals surface area contributed by atoms with Gasteiger partial charge < -0.3 is 5.32 Å². The minimum absolute atomic E-state index is 0.0355. The van der Waals surface area contributed by atoms with Crippen LogP contribution in [0.3, 0.4) is 0 Å². The van der Waals surface area contributed by atoms with Crippen molar-refractivity contribution in [1.82, 2.24) is 5.32 Å². The smallest absolute Gasteiger partial charge is 0.345 e. The Balaban J connectivity index is 3.22. The molecule has 0 spiro atoms. The Bertz CT molecular complexity index is 928. The first kappa shape index (κ1) is 29.1. The Hall–Kier alpha value is -1.92. The van der Waals surface area contributed by atoms with Crippen LogP contribution in [-0.2, 0) is 0 Å². The van der Waals surface area contributed by atoms with Crippen molar-refractivity contribution in [3.8, 4) is 0 Å². The van der Waals surface area contributed by atoms with Gasteiger partial charge in [0.2, 0.25) is 0 Å². The maximum atomic E-state index is 13.6. The Labute approximate surface area is 205 Å². The van der Waals surface area contributed by atoms with Gasteiger partial charge in [0.25, 0.3) is 5.91 Å². The van der Waals surface area contributed by atoms with Crippen molar-refractivity contribution in [2.24, 2.45) is 5.92 Å². The van der Waals surface area contributed by atoms with Crippen molar-refractivity contribution in [2.45, 2.75) is 66.6 Å².